The Morgan fingerprint density at radius 3 is 2.63 bits per heavy atom. The Balaban J connectivity index is 1.74. The van der Waals surface area contributed by atoms with E-state index in [1.54, 1.807) is 26.4 Å². The molecule has 0 aliphatic rings. The number of carbonyl (C=O) groups excluding carboxylic acids is 1. The van der Waals surface area contributed by atoms with Gasteiger partial charge in [0.25, 0.3) is 0 Å². The largest absolute Gasteiger partial charge is 0.493 e. The molecule has 2 aromatic carbocycles. The molecular weight excluding hydrogens is 424 g/mol. The predicted molar refractivity (Wildman–Crippen MR) is 120 cm³/mol. The Hall–Kier alpha value is -2.71. The van der Waals surface area contributed by atoms with Gasteiger partial charge in [0, 0.05) is 22.8 Å². The Kier molecular flexibility index (Phi) is 7.23. The van der Waals surface area contributed by atoms with E-state index >= 15 is 0 Å². The SMILES string of the molecule is CCn1c(SCC(=O)Nc2cccc(Cl)c2C)nnc1-c1ccc(OC)c(OC)c1. The molecule has 30 heavy (non-hydrogen) atoms. The minimum atomic E-state index is -0.135. The van der Waals surface area contributed by atoms with Gasteiger partial charge in [-0.25, -0.2) is 0 Å². The Bertz CT molecular complexity index is 1050. The molecule has 0 radical (unpaired) electrons. The summed E-state index contributed by atoms with van der Waals surface area (Å²) in [6.45, 7) is 4.54. The standard InChI is InChI=1S/C21H23ClN4O3S/c1-5-26-20(14-9-10-17(28-3)18(11-14)29-4)24-25-21(26)30-12-19(27)23-16-8-6-7-15(22)13(16)2/h6-11H,5,12H2,1-4H3,(H,23,27). The van der Waals surface area contributed by atoms with Crippen LogP contribution in [0, 0.1) is 6.92 Å². The molecule has 0 aliphatic heterocycles. The fourth-order valence-corrected chi connectivity index (χ4v) is 3.91. The van der Waals surface area contributed by atoms with E-state index in [-0.39, 0.29) is 11.7 Å². The number of halogens is 1. The normalized spacial score (nSPS) is 10.7. The third-order valence-corrected chi connectivity index (χ3v) is 5.93. The summed E-state index contributed by atoms with van der Waals surface area (Å²) >= 11 is 7.45. The van der Waals surface area contributed by atoms with Crippen LogP contribution >= 0.6 is 23.4 Å². The number of carbonyl (C=O) groups is 1. The molecule has 0 aliphatic carbocycles. The first kappa shape index (κ1) is 22.0. The number of amides is 1. The monoisotopic (exact) mass is 446 g/mol. The summed E-state index contributed by atoms with van der Waals surface area (Å²) in [4.78, 5) is 12.4. The highest BCUT2D eigenvalue weighted by atomic mass is 35.5. The average molecular weight is 447 g/mol. The van der Waals surface area contributed by atoms with E-state index in [1.807, 2.05) is 42.7 Å². The highest BCUT2D eigenvalue weighted by molar-refractivity contribution is 7.99. The summed E-state index contributed by atoms with van der Waals surface area (Å²) in [5, 5.41) is 12.8. The number of methoxy groups -OCH3 is 2. The quantitative estimate of drug-likeness (QED) is 0.506. The smallest absolute Gasteiger partial charge is 0.234 e. The van der Waals surface area contributed by atoms with E-state index in [0.29, 0.717) is 39.7 Å². The topological polar surface area (TPSA) is 78.3 Å². The van der Waals surface area contributed by atoms with Gasteiger partial charge in [-0.2, -0.15) is 0 Å². The summed E-state index contributed by atoms with van der Waals surface area (Å²) in [6, 6.07) is 11.0. The molecule has 0 unspecified atom stereocenters. The van der Waals surface area contributed by atoms with Crippen LogP contribution in [-0.2, 0) is 11.3 Å². The van der Waals surface area contributed by atoms with Crippen LogP contribution in [0.3, 0.4) is 0 Å². The number of ether oxygens (including phenoxy) is 2. The van der Waals surface area contributed by atoms with E-state index in [9.17, 15) is 4.79 Å². The van der Waals surface area contributed by atoms with Crippen molar-refractivity contribution in [3.05, 3.63) is 47.0 Å². The van der Waals surface area contributed by atoms with Gasteiger partial charge in [0.2, 0.25) is 5.91 Å². The van der Waals surface area contributed by atoms with Gasteiger partial charge in [-0.05, 0) is 49.7 Å². The van der Waals surface area contributed by atoms with Crippen LogP contribution < -0.4 is 14.8 Å². The van der Waals surface area contributed by atoms with Crippen LogP contribution in [-0.4, -0.2) is 40.6 Å². The highest BCUT2D eigenvalue weighted by Crippen LogP contribution is 2.33. The van der Waals surface area contributed by atoms with Crippen molar-refractivity contribution in [1.29, 1.82) is 0 Å². The van der Waals surface area contributed by atoms with Gasteiger partial charge in [-0.15, -0.1) is 10.2 Å². The van der Waals surface area contributed by atoms with Gasteiger partial charge >= 0.3 is 0 Å². The molecule has 0 saturated carbocycles. The maximum absolute atomic E-state index is 12.4. The molecule has 9 heteroatoms. The summed E-state index contributed by atoms with van der Waals surface area (Å²) in [5.74, 6) is 2.03. The summed E-state index contributed by atoms with van der Waals surface area (Å²) < 4.78 is 12.6. The van der Waals surface area contributed by atoms with Crippen molar-refractivity contribution >= 4 is 35.0 Å². The first-order valence-corrected chi connectivity index (χ1v) is 10.7. The number of benzene rings is 2. The highest BCUT2D eigenvalue weighted by Gasteiger charge is 2.17. The van der Waals surface area contributed by atoms with Gasteiger partial charge in [0.05, 0.1) is 20.0 Å². The Morgan fingerprint density at radius 2 is 1.93 bits per heavy atom. The Morgan fingerprint density at radius 1 is 1.17 bits per heavy atom. The second kappa shape index (κ2) is 9.86. The third kappa shape index (κ3) is 4.71. The maximum Gasteiger partial charge on any atom is 0.234 e. The van der Waals surface area contributed by atoms with Gasteiger partial charge < -0.3 is 19.4 Å². The van der Waals surface area contributed by atoms with Gasteiger partial charge in [0.15, 0.2) is 22.5 Å². The maximum atomic E-state index is 12.4. The lowest BCUT2D eigenvalue weighted by Gasteiger charge is -2.11. The van der Waals surface area contributed by atoms with E-state index < -0.39 is 0 Å². The lowest BCUT2D eigenvalue weighted by Crippen LogP contribution is -2.15. The van der Waals surface area contributed by atoms with Crippen molar-refractivity contribution in [3.8, 4) is 22.9 Å². The average Bonchev–Trinajstić information content (AvgIpc) is 3.17. The molecule has 1 heterocycles. The zero-order chi connectivity index (χ0) is 21.7. The van der Waals surface area contributed by atoms with Crippen molar-refractivity contribution < 1.29 is 14.3 Å². The predicted octanol–water partition coefficient (Wildman–Crippen LogP) is 4.67. The molecule has 0 fully saturated rings. The minimum absolute atomic E-state index is 0.135. The fourth-order valence-electron chi connectivity index (χ4n) is 2.93. The fraction of sp³-hybridized carbons (Fsp3) is 0.286. The molecule has 0 bridgehead atoms. The number of nitrogens with one attached hydrogen (secondary N) is 1. The van der Waals surface area contributed by atoms with Crippen LogP contribution in [0.15, 0.2) is 41.6 Å². The molecule has 158 valence electrons. The summed E-state index contributed by atoms with van der Waals surface area (Å²) in [7, 11) is 3.18. The van der Waals surface area contributed by atoms with Crippen LogP contribution in [0.4, 0.5) is 5.69 Å². The number of anilines is 1. The van der Waals surface area contributed by atoms with E-state index in [4.69, 9.17) is 21.1 Å². The van der Waals surface area contributed by atoms with Crippen molar-refractivity contribution in [2.75, 3.05) is 25.3 Å². The number of hydrogen-bond acceptors (Lipinski definition) is 6. The molecule has 3 rings (SSSR count). The number of hydrogen-bond donors (Lipinski definition) is 1. The Labute approximate surface area is 184 Å². The van der Waals surface area contributed by atoms with Crippen molar-refractivity contribution in [2.24, 2.45) is 0 Å². The number of rotatable bonds is 8. The molecule has 1 aromatic heterocycles. The van der Waals surface area contributed by atoms with E-state index in [0.717, 1.165) is 11.1 Å². The number of thioether (sulfide) groups is 1. The van der Waals surface area contributed by atoms with E-state index in [1.165, 1.54) is 11.8 Å². The summed E-state index contributed by atoms with van der Waals surface area (Å²) in [6.07, 6.45) is 0. The van der Waals surface area contributed by atoms with Gasteiger partial charge in [0.1, 0.15) is 0 Å². The molecular formula is C21H23ClN4O3S. The van der Waals surface area contributed by atoms with Gasteiger partial charge in [-0.3, -0.25) is 4.79 Å². The second-order valence-corrected chi connectivity index (χ2v) is 7.72. The molecule has 0 atom stereocenters. The van der Waals surface area contributed by atoms with Crippen LogP contribution in [0.5, 0.6) is 11.5 Å². The zero-order valence-electron chi connectivity index (χ0n) is 17.2. The molecule has 3 aromatic rings. The van der Waals surface area contributed by atoms with E-state index in [2.05, 4.69) is 15.5 Å². The van der Waals surface area contributed by atoms with Gasteiger partial charge in [-0.1, -0.05) is 29.4 Å². The number of aromatic nitrogens is 3. The molecule has 0 spiro atoms. The second-order valence-electron chi connectivity index (χ2n) is 6.37. The minimum Gasteiger partial charge on any atom is -0.493 e. The van der Waals surface area contributed by atoms with Crippen molar-refractivity contribution in [3.63, 3.8) is 0 Å². The van der Waals surface area contributed by atoms with Crippen LogP contribution in [0.25, 0.3) is 11.4 Å². The summed E-state index contributed by atoms with van der Waals surface area (Å²) in [5.41, 5.74) is 2.40. The number of nitrogens with zero attached hydrogens (tertiary/aromatic N) is 3. The first-order chi connectivity index (χ1) is 14.5. The lowest BCUT2D eigenvalue weighted by atomic mass is 10.2. The molecule has 7 nitrogen and oxygen atoms in total. The molecule has 1 N–H and O–H groups in total. The van der Waals surface area contributed by atoms with Crippen LogP contribution in [0.1, 0.15) is 12.5 Å². The molecule has 1 amide bonds. The van der Waals surface area contributed by atoms with Crippen molar-refractivity contribution in [2.45, 2.75) is 25.5 Å². The van der Waals surface area contributed by atoms with Crippen LogP contribution in [0.2, 0.25) is 5.02 Å². The zero-order valence-corrected chi connectivity index (χ0v) is 18.8. The lowest BCUT2D eigenvalue weighted by molar-refractivity contribution is -0.113. The third-order valence-electron chi connectivity index (χ3n) is 4.55. The van der Waals surface area contributed by atoms with Crippen molar-refractivity contribution in [1.82, 2.24) is 14.8 Å². The molecule has 0 saturated heterocycles. The first-order valence-electron chi connectivity index (χ1n) is 9.31.